The van der Waals surface area contributed by atoms with Gasteiger partial charge in [0.15, 0.2) is 5.01 Å². The first-order valence-corrected chi connectivity index (χ1v) is 10.1. The van der Waals surface area contributed by atoms with Crippen molar-refractivity contribution in [2.75, 3.05) is 11.4 Å². The van der Waals surface area contributed by atoms with Crippen molar-refractivity contribution in [2.24, 2.45) is 4.99 Å². The Balaban J connectivity index is 1.42. The van der Waals surface area contributed by atoms with E-state index in [2.05, 4.69) is 15.3 Å². The van der Waals surface area contributed by atoms with Gasteiger partial charge in [0.05, 0.1) is 16.6 Å². The van der Waals surface area contributed by atoms with Crippen molar-refractivity contribution in [3.63, 3.8) is 0 Å². The number of nitrogens with zero attached hydrogens (tertiary/aromatic N) is 3. The molecule has 2 aliphatic heterocycles. The van der Waals surface area contributed by atoms with Crippen molar-refractivity contribution in [1.29, 1.82) is 0 Å². The van der Waals surface area contributed by atoms with Gasteiger partial charge in [0.2, 0.25) is 0 Å². The fourth-order valence-corrected chi connectivity index (χ4v) is 4.50. The smallest absolute Gasteiger partial charge is 0.335 e. The molecule has 5 nitrogen and oxygen atoms in total. The average Bonchev–Trinajstić information content (AvgIpc) is 3.46. The van der Waals surface area contributed by atoms with Crippen molar-refractivity contribution in [3.05, 3.63) is 64.8 Å². The molecule has 0 aliphatic carbocycles. The van der Waals surface area contributed by atoms with Gasteiger partial charge < -0.3 is 5.32 Å². The molecule has 9 heteroatoms. The number of benzene rings is 2. The van der Waals surface area contributed by atoms with Gasteiger partial charge in [-0.1, -0.05) is 30.3 Å². The number of halogens is 3. The molecule has 1 unspecified atom stereocenters. The summed E-state index contributed by atoms with van der Waals surface area (Å²) < 4.78 is 38.4. The van der Waals surface area contributed by atoms with E-state index in [9.17, 15) is 18.0 Å². The van der Waals surface area contributed by atoms with Crippen molar-refractivity contribution in [3.8, 4) is 10.4 Å². The van der Waals surface area contributed by atoms with E-state index >= 15 is 0 Å². The minimum absolute atomic E-state index is 0.191. The number of anilines is 1. The van der Waals surface area contributed by atoms with E-state index < -0.39 is 11.2 Å². The number of rotatable bonds is 3. The maximum Gasteiger partial charge on any atom is 0.443 e. The molecule has 3 aromatic rings. The Morgan fingerprint density at radius 2 is 1.93 bits per heavy atom. The van der Waals surface area contributed by atoms with Crippen LogP contribution >= 0.6 is 11.3 Å². The van der Waals surface area contributed by atoms with Gasteiger partial charge in [-0.3, -0.25) is 9.89 Å². The number of carbonyl (C=O) groups is 1. The van der Waals surface area contributed by atoms with Gasteiger partial charge in [-0.05, 0) is 28.8 Å². The van der Waals surface area contributed by atoms with Crippen LogP contribution < -0.4 is 10.2 Å². The number of amides is 2. The molecule has 2 amide bonds. The lowest BCUT2D eigenvalue weighted by molar-refractivity contribution is -0.137. The Morgan fingerprint density at radius 3 is 2.67 bits per heavy atom. The minimum Gasteiger partial charge on any atom is -0.335 e. The topological polar surface area (TPSA) is 57.6 Å². The Kier molecular flexibility index (Phi) is 4.35. The van der Waals surface area contributed by atoms with Gasteiger partial charge in [0.1, 0.15) is 0 Å². The van der Waals surface area contributed by atoms with Gasteiger partial charge in [-0.2, -0.15) is 13.2 Å². The standard InChI is InChI=1S/C21H15F3N4OS/c22-21(23,24)19-26-11-18(30-19)14-3-1-13(2-4-14)17-10-27-20(29)28(17)15-6-5-12-7-8-25-16(12)9-15/h1-6,8-9,11,17H,7,10H2,(H,27,29). The lowest BCUT2D eigenvalue weighted by Gasteiger charge is -2.24. The third-order valence-corrected chi connectivity index (χ3v) is 6.29. The third kappa shape index (κ3) is 3.24. The predicted octanol–water partition coefficient (Wildman–Crippen LogP) is 5.36. The fourth-order valence-electron chi connectivity index (χ4n) is 3.71. The molecule has 1 saturated heterocycles. The van der Waals surface area contributed by atoms with E-state index in [-0.39, 0.29) is 12.1 Å². The number of fused-ring (bicyclic) bond motifs is 1. The lowest BCUT2D eigenvalue weighted by atomic mass is 10.0. The molecule has 0 bridgehead atoms. The second-order valence-electron chi connectivity index (χ2n) is 7.05. The Bertz CT molecular complexity index is 1150. The van der Waals surface area contributed by atoms with Crippen LogP contribution in [-0.2, 0) is 12.6 Å². The summed E-state index contributed by atoms with van der Waals surface area (Å²) in [6.07, 6.45) is -0.571. The highest BCUT2D eigenvalue weighted by Gasteiger charge is 2.35. The van der Waals surface area contributed by atoms with Crippen LogP contribution in [0.25, 0.3) is 10.4 Å². The number of urea groups is 1. The number of thiazole rings is 1. The van der Waals surface area contributed by atoms with E-state index in [0.29, 0.717) is 28.3 Å². The lowest BCUT2D eigenvalue weighted by Crippen LogP contribution is -2.29. The summed E-state index contributed by atoms with van der Waals surface area (Å²) in [6.45, 7) is 0.442. The zero-order chi connectivity index (χ0) is 20.9. The second-order valence-corrected chi connectivity index (χ2v) is 8.08. The summed E-state index contributed by atoms with van der Waals surface area (Å²) in [6, 6.07) is 12.6. The molecule has 2 aliphatic rings. The number of aliphatic imine (C=N–C) groups is 1. The van der Waals surface area contributed by atoms with Gasteiger partial charge >= 0.3 is 12.2 Å². The van der Waals surface area contributed by atoms with Crippen molar-refractivity contribution < 1.29 is 18.0 Å². The zero-order valence-electron chi connectivity index (χ0n) is 15.5. The summed E-state index contributed by atoms with van der Waals surface area (Å²) in [5.74, 6) is 0. The van der Waals surface area contributed by atoms with Crippen LogP contribution in [0.3, 0.4) is 0 Å². The van der Waals surface area contributed by atoms with Gasteiger partial charge in [-0.25, -0.2) is 9.78 Å². The van der Waals surface area contributed by atoms with Gasteiger partial charge in [0.25, 0.3) is 0 Å². The first-order chi connectivity index (χ1) is 14.4. The quantitative estimate of drug-likeness (QED) is 0.611. The van der Waals surface area contributed by atoms with E-state index in [1.54, 1.807) is 17.0 Å². The summed E-state index contributed by atoms with van der Waals surface area (Å²) in [5, 5.41) is 2.00. The number of carbonyl (C=O) groups excluding carboxylic acids is 1. The number of hydrogen-bond donors (Lipinski definition) is 1. The molecule has 152 valence electrons. The summed E-state index contributed by atoms with van der Waals surface area (Å²) in [4.78, 5) is 22.5. The van der Waals surface area contributed by atoms with Crippen molar-refractivity contribution in [2.45, 2.75) is 18.6 Å². The SMILES string of the molecule is O=C1NCC(c2ccc(-c3cnc(C(F)(F)F)s3)cc2)N1c1ccc2c(c1)N=CC2. The van der Waals surface area contributed by atoms with E-state index in [1.165, 1.54) is 6.20 Å². The minimum atomic E-state index is -4.45. The molecule has 1 aromatic heterocycles. The van der Waals surface area contributed by atoms with Crippen LogP contribution in [0.15, 0.2) is 53.7 Å². The Morgan fingerprint density at radius 1 is 1.13 bits per heavy atom. The van der Waals surface area contributed by atoms with Crippen LogP contribution in [0.2, 0.25) is 0 Å². The highest BCUT2D eigenvalue weighted by atomic mass is 32.1. The van der Waals surface area contributed by atoms with Crippen LogP contribution in [0.5, 0.6) is 0 Å². The maximum atomic E-state index is 12.8. The molecule has 3 heterocycles. The van der Waals surface area contributed by atoms with Gasteiger partial charge in [0, 0.05) is 31.1 Å². The Labute approximate surface area is 173 Å². The molecule has 2 aromatic carbocycles. The largest absolute Gasteiger partial charge is 0.443 e. The molecular formula is C21H15F3N4OS. The number of alkyl halides is 3. The molecule has 0 spiro atoms. The van der Waals surface area contributed by atoms with Crippen LogP contribution in [0.4, 0.5) is 29.3 Å². The molecule has 0 radical (unpaired) electrons. The van der Waals surface area contributed by atoms with E-state index in [0.717, 1.165) is 28.9 Å². The number of aromatic nitrogens is 1. The second kappa shape index (κ2) is 6.94. The first-order valence-electron chi connectivity index (χ1n) is 9.26. The van der Waals surface area contributed by atoms with Crippen LogP contribution in [0.1, 0.15) is 22.2 Å². The van der Waals surface area contributed by atoms with E-state index in [4.69, 9.17) is 0 Å². The fraction of sp³-hybridized carbons (Fsp3) is 0.190. The summed E-state index contributed by atoms with van der Waals surface area (Å²) >= 11 is 0.614. The first kappa shape index (κ1) is 18.8. The predicted molar refractivity (Wildman–Crippen MR) is 109 cm³/mol. The maximum absolute atomic E-state index is 12.8. The summed E-state index contributed by atoms with van der Waals surface area (Å²) in [5.41, 5.74) is 4.30. The normalized spacial score (nSPS) is 18.0. The average molecular weight is 428 g/mol. The number of hydrogen-bond acceptors (Lipinski definition) is 4. The monoisotopic (exact) mass is 428 g/mol. The third-order valence-electron chi connectivity index (χ3n) is 5.19. The van der Waals surface area contributed by atoms with E-state index in [1.807, 2.05) is 36.5 Å². The van der Waals surface area contributed by atoms with Crippen LogP contribution in [0, 0.1) is 0 Å². The molecule has 5 rings (SSSR count). The molecule has 30 heavy (non-hydrogen) atoms. The molecule has 0 saturated carbocycles. The van der Waals surface area contributed by atoms with Crippen molar-refractivity contribution >= 4 is 35.0 Å². The molecule has 1 atom stereocenters. The highest BCUT2D eigenvalue weighted by Crippen LogP contribution is 2.38. The number of nitrogens with one attached hydrogen (secondary N) is 1. The molecule has 1 N–H and O–H groups in total. The zero-order valence-corrected chi connectivity index (χ0v) is 16.3. The Hall–Kier alpha value is -3.20. The molecular weight excluding hydrogens is 413 g/mol. The summed E-state index contributed by atoms with van der Waals surface area (Å²) in [7, 11) is 0. The highest BCUT2D eigenvalue weighted by molar-refractivity contribution is 7.15. The van der Waals surface area contributed by atoms with Crippen molar-refractivity contribution in [1.82, 2.24) is 10.3 Å². The molecule has 1 fully saturated rings. The van der Waals surface area contributed by atoms with Gasteiger partial charge in [-0.15, -0.1) is 11.3 Å². The van der Waals surface area contributed by atoms with Crippen LogP contribution in [-0.4, -0.2) is 23.8 Å².